The van der Waals surface area contributed by atoms with Crippen LogP contribution < -0.4 is 11.3 Å². The fourth-order valence-corrected chi connectivity index (χ4v) is 2.79. The van der Waals surface area contributed by atoms with Gasteiger partial charge in [0.1, 0.15) is 0 Å². The van der Waals surface area contributed by atoms with Crippen molar-refractivity contribution in [1.82, 2.24) is 20.0 Å². The lowest BCUT2D eigenvalue weighted by Gasteiger charge is -2.26. The number of furan rings is 1. The fraction of sp³-hybridized carbons (Fsp3) is 0.267. The lowest BCUT2D eigenvalue weighted by Crippen LogP contribution is -2.35. The van der Waals surface area contributed by atoms with Crippen LogP contribution in [0, 0.1) is 0 Å². The van der Waals surface area contributed by atoms with E-state index in [2.05, 4.69) is 20.0 Å². The normalized spacial score (nSPS) is 14.8. The molecular weight excluding hydrogens is 298 g/mol. The smallest absolute Gasteiger partial charge is 0.257 e. The summed E-state index contributed by atoms with van der Waals surface area (Å²) < 4.78 is 10.6. The van der Waals surface area contributed by atoms with Gasteiger partial charge < -0.3 is 14.7 Å². The minimum absolute atomic E-state index is 0.168. The molecule has 1 aliphatic heterocycles. The van der Waals surface area contributed by atoms with Gasteiger partial charge in [-0.1, -0.05) is 5.16 Å². The Hall–Kier alpha value is -2.87. The maximum Gasteiger partial charge on any atom is 0.257 e. The predicted molar refractivity (Wildman–Crippen MR) is 81.3 cm³/mol. The number of nitrogens with two attached hydrogens (primary N) is 1. The van der Waals surface area contributed by atoms with E-state index in [9.17, 15) is 4.79 Å². The Balaban J connectivity index is 1.51. The van der Waals surface area contributed by atoms with Crippen molar-refractivity contribution in [3.05, 3.63) is 51.8 Å². The van der Waals surface area contributed by atoms with Gasteiger partial charge in [0.15, 0.2) is 5.76 Å². The Labute approximate surface area is 130 Å². The maximum atomic E-state index is 12.0. The summed E-state index contributed by atoms with van der Waals surface area (Å²) in [5, 5.41) is 4.06. The number of nitrogens with one attached hydrogen (secondary N) is 1. The molecule has 0 fully saturated rings. The first-order chi connectivity index (χ1) is 11.2. The van der Waals surface area contributed by atoms with Gasteiger partial charge in [-0.15, -0.1) is 0 Å². The van der Waals surface area contributed by atoms with E-state index in [-0.39, 0.29) is 11.5 Å². The van der Waals surface area contributed by atoms with Gasteiger partial charge in [0, 0.05) is 32.1 Å². The van der Waals surface area contributed by atoms with Crippen LogP contribution in [0.4, 0.5) is 5.95 Å². The molecule has 4 rings (SSSR count). The number of H-pyrrole nitrogens is 1. The number of hydrogen-bond acceptors (Lipinski definition) is 7. The highest BCUT2D eigenvalue weighted by molar-refractivity contribution is 5.49. The van der Waals surface area contributed by atoms with Crippen molar-refractivity contribution in [3.63, 3.8) is 0 Å². The molecule has 1 aliphatic rings. The van der Waals surface area contributed by atoms with E-state index in [1.807, 2.05) is 12.1 Å². The highest BCUT2D eigenvalue weighted by Gasteiger charge is 2.22. The van der Waals surface area contributed by atoms with Crippen LogP contribution >= 0.6 is 0 Å². The van der Waals surface area contributed by atoms with Gasteiger partial charge >= 0.3 is 0 Å². The zero-order valence-electron chi connectivity index (χ0n) is 12.3. The summed E-state index contributed by atoms with van der Waals surface area (Å²) >= 11 is 0. The summed E-state index contributed by atoms with van der Waals surface area (Å²) in [6.45, 7) is 1.89. The summed E-state index contributed by atoms with van der Waals surface area (Å²) in [6.07, 6.45) is 2.27. The lowest BCUT2D eigenvalue weighted by molar-refractivity contribution is 0.234. The number of fused-ring (bicyclic) bond motifs is 1. The third-order valence-corrected chi connectivity index (χ3v) is 3.87. The summed E-state index contributed by atoms with van der Waals surface area (Å²) in [5.74, 6) is 1.40. The molecule has 3 N–H and O–H groups in total. The van der Waals surface area contributed by atoms with E-state index in [0.29, 0.717) is 36.6 Å². The van der Waals surface area contributed by atoms with Crippen molar-refractivity contribution in [2.75, 3.05) is 12.3 Å². The van der Waals surface area contributed by atoms with E-state index in [1.165, 1.54) is 0 Å². The van der Waals surface area contributed by atoms with Crippen molar-refractivity contribution in [2.45, 2.75) is 19.5 Å². The van der Waals surface area contributed by atoms with Crippen LogP contribution in [0.3, 0.4) is 0 Å². The van der Waals surface area contributed by atoms with Crippen molar-refractivity contribution in [2.24, 2.45) is 0 Å². The summed E-state index contributed by atoms with van der Waals surface area (Å²) in [7, 11) is 0. The van der Waals surface area contributed by atoms with Gasteiger partial charge in [-0.05, 0) is 12.1 Å². The highest BCUT2D eigenvalue weighted by atomic mass is 16.5. The maximum absolute atomic E-state index is 12.0. The number of nitrogen functional groups attached to an aromatic ring is 1. The molecule has 4 heterocycles. The van der Waals surface area contributed by atoms with Crippen molar-refractivity contribution in [3.8, 4) is 11.5 Å². The fourth-order valence-electron chi connectivity index (χ4n) is 2.79. The topological polar surface area (TPSA) is 114 Å². The second-order valence-electron chi connectivity index (χ2n) is 5.50. The molecule has 0 saturated carbocycles. The molecule has 118 valence electrons. The van der Waals surface area contributed by atoms with Crippen molar-refractivity contribution < 1.29 is 8.94 Å². The second kappa shape index (κ2) is 5.40. The molecule has 8 heteroatoms. The van der Waals surface area contributed by atoms with Crippen LogP contribution in [0.1, 0.15) is 17.0 Å². The molecule has 0 amide bonds. The molecule has 0 atom stereocenters. The molecule has 0 spiro atoms. The zero-order valence-corrected chi connectivity index (χ0v) is 12.3. The molecule has 0 saturated heterocycles. The predicted octanol–water partition coefficient (Wildman–Crippen LogP) is 1.16. The van der Waals surface area contributed by atoms with Crippen molar-refractivity contribution >= 4 is 5.95 Å². The van der Waals surface area contributed by atoms with Gasteiger partial charge in [-0.2, -0.15) is 0 Å². The Morgan fingerprint density at radius 2 is 2.30 bits per heavy atom. The molecule has 3 aromatic rings. The van der Waals surface area contributed by atoms with Crippen LogP contribution in [0.2, 0.25) is 0 Å². The Kier molecular flexibility index (Phi) is 3.23. The Morgan fingerprint density at radius 1 is 1.39 bits per heavy atom. The first-order valence-corrected chi connectivity index (χ1v) is 7.28. The summed E-state index contributed by atoms with van der Waals surface area (Å²) in [5.41, 5.74) is 7.64. The minimum atomic E-state index is -0.173. The van der Waals surface area contributed by atoms with Crippen molar-refractivity contribution in [1.29, 1.82) is 0 Å². The van der Waals surface area contributed by atoms with E-state index in [4.69, 9.17) is 14.7 Å². The van der Waals surface area contributed by atoms with E-state index >= 15 is 0 Å². The molecule has 8 nitrogen and oxygen atoms in total. The second-order valence-corrected chi connectivity index (χ2v) is 5.50. The quantitative estimate of drug-likeness (QED) is 0.745. The molecule has 3 aromatic heterocycles. The van der Waals surface area contributed by atoms with Gasteiger partial charge in [0.2, 0.25) is 11.7 Å². The molecule has 0 radical (unpaired) electrons. The molecular formula is C15H15N5O3. The lowest BCUT2D eigenvalue weighted by atomic mass is 10.1. The van der Waals surface area contributed by atoms with Gasteiger partial charge in [-0.3, -0.25) is 14.7 Å². The average molecular weight is 313 g/mol. The summed E-state index contributed by atoms with van der Waals surface area (Å²) in [4.78, 5) is 20.9. The molecule has 23 heavy (non-hydrogen) atoms. The molecule has 0 unspecified atom stereocenters. The number of anilines is 1. The van der Waals surface area contributed by atoms with E-state index < -0.39 is 0 Å². The number of aromatic amines is 1. The highest BCUT2D eigenvalue weighted by Crippen LogP contribution is 2.22. The molecule has 0 bridgehead atoms. The first kappa shape index (κ1) is 13.8. The third kappa shape index (κ3) is 2.64. The molecule has 0 aromatic carbocycles. The van der Waals surface area contributed by atoms with E-state index in [0.717, 1.165) is 17.9 Å². The van der Waals surface area contributed by atoms with Crippen LogP contribution in [0.15, 0.2) is 38.2 Å². The van der Waals surface area contributed by atoms with Gasteiger partial charge in [-0.25, -0.2) is 4.98 Å². The minimum Gasteiger partial charge on any atom is -0.461 e. The molecule has 0 aliphatic carbocycles. The van der Waals surface area contributed by atoms with Crippen LogP contribution in [0.5, 0.6) is 0 Å². The SMILES string of the molecule is Nc1nc2c(c(=O)[nH]1)CN(Cc1cc(-c3ccco3)on1)CC2. The number of rotatable bonds is 3. The van der Waals surface area contributed by atoms with Crippen LogP contribution in [0.25, 0.3) is 11.5 Å². The largest absolute Gasteiger partial charge is 0.461 e. The van der Waals surface area contributed by atoms with Gasteiger partial charge in [0.25, 0.3) is 5.56 Å². The number of nitrogens with zero attached hydrogens (tertiary/aromatic N) is 3. The third-order valence-electron chi connectivity index (χ3n) is 3.87. The van der Waals surface area contributed by atoms with Gasteiger partial charge in [0.05, 0.1) is 23.2 Å². The standard InChI is InChI=1S/C15H15N5O3/c16-15-17-11-3-4-20(8-10(11)14(21)18-15)7-9-6-13(23-19-9)12-2-1-5-22-12/h1-2,5-6H,3-4,7-8H2,(H3,16,17,18,21). The van der Waals surface area contributed by atoms with E-state index in [1.54, 1.807) is 12.3 Å². The summed E-state index contributed by atoms with van der Waals surface area (Å²) in [6, 6.07) is 5.46. The van der Waals surface area contributed by atoms with Crippen LogP contribution in [-0.2, 0) is 19.5 Å². The average Bonchev–Trinajstić information content (AvgIpc) is 3.19. The zero-order chi connectivity index (χ0) is 15.8. The Morgan fingerprint density at radius 3 is 3.13 bits per heavy atom. The Bertz CT molecular complexity index is 881. The number of aromatic nitrogens is 3. The van der Waals surface area contributed by atoms with Crippen LogP contribution in [-0.4, -0.2) is 26.6 Å². The number of hydrogen-bond donors (Lipinski definition) is 2. The monoisotopic (exact) mass is 313 g/mol. The first-order valence-electron chi connectivity index (χ1n) is 7.28.